The summed E-state index contributed by atoms with van der Waals surface area (Å²) < 4.78 is 5.33. The van der Waals surface area contributed by atoms with Crippen LogP contribution in [0, 0.1) is 11.8 Å². The van der Waals surface area contributed by atoms with Crippen molar-refractivity contribution in [1.82, 2.24) is 4.90 Å². The van der Waals surface area contributed by atoms with E-state index in [2.05, 4.69) is 25.7 Å². The van der Waals surface area contributed by atoms with Crippen LogP contribution in [-0.2, 0) is 4.74 Å². The standard InChI is InChI=1S/C13H28N2O/c1-10-7-11(2)12(3)15(9-10)6-5-13(8-14)16-4/h10-13H,5-9,14H2,1-4H3. The zero-order valence-electron chi connectivity index (χ0n) is 11.3. The minimum atomic E-state index is 0.222. The average molecular weight is 228 g/mol. The molecular formula is C13H28N2O. The van der Waals surface area contributed by atoms with E-state index in [1.54, 1.807) is 7.11 Å². The molecule has 4 atom stereocenters. The third kappa shape index (κ3) is 3.72. The van der Waals surface area contributed by atoms with Gasteiger partial charge in [0.05, 0.1) is 6.10 Å². The highest BCUT2D eigenvalue weighted by Gasteiger charge is 2.28. The highest BCUT2D eigenvalue weighted by Crippen LogP contribution is 2.26. The molecule has 3 nitrogen and oxygen atoms in total. The van der Waals surface area contributed by atoms with E-state index in [0.717, 1.165) is 24.8 Å². The van der Waals surface area contributed by atoms with Gasteiger partial charge in [-0.05, 0) is 31.6 Å². The van der Waals surface area contributed by atoms with Crippen molar-refractivity contribution >= 4 is 0 Å². The molecule has 1 saturated heterocycles. The number of rotatable bonds is 5. The lowest BCUT2D eigenvalue weighted by Crippen LogP contribution is -2.47. The van der Waals surface area contributed by atoms with Gasteiger partial charge in [-0.2, -0.15) is 0 Å². The number of nitrogens with two attached hydrogens (primary N) is 1. The molecule has 1 aliphatic rings. The van der Waals surface area contributed by atoms with Gasteiger partial charge in [0.15, 0.2) is 0 Å². The number of methoxy groups -OCH3 is 1. The second-order valence-electron chi connectivity index (χ2n) is 5.44. The van der Waals surface area contributed by atoms with Gasteiger partial charge in [-0.3, -0.25) is 0 Å². The van der Waals surface area contributed by atoms with Crippen molar-refractivity contribution in [1.29, 1.82) is 0 Å². The molecular weight excluding hydrogens is 200 g/mol. The first-order valence-corrected chi connectivity index (χ1v) is 6.55. The lowest BCUT2D eigenvalue weighted by Gasteiger charge is -2.41. The summed E-state index contributed by atoms with van der Waals surface area (Å²) in [4.78, 5) is 2.60. The Morgan fingerprint density at radius 2 is 2.06 bits per heavy atom. The Hall–Kier alpha value is -0.120. The molecule has 16 heavy (non-hydrogen) atoms. The summed E-state index contributed by atoms with van der Waals surface area (Å²) in [6.45, 7) is 10.0. The minimum absolute atomic E-state index is 0.222. The van der Waals surface area contributed by atoms with Crippen LogP contribution in [-0.4, -0.2) is 43.8 Å². The number of nitrogens with zero attached hydrogens (tertiary/aromatic N) is 1. The monoisotopic (exact) mass is 228 g/mol. The van der Waals surface area contributed by atoms with Crippen LogP contribution in [0.5, 0.6) is 0 Å². The molecule has 0 saturated carbocycles. The van der Waals surface area contributed by atoms with Gasteiger partial charge in [0.1, 0.15) is 0 Å². The Labute approximate surface area is 100 Å². The molecule has 1 aliphatic heterocycles. The maximum absolute atomic E-state index is 5.64. The third-order valence-corrected chi connectivity index (χ3v) is 4.05. The second kappa shape index (κ2) is 6.58. The lowest BCUT2D eigenvalue weighted by molar-refractivity contribution is 0.0473. The van der Waals surface area contributed by atoms with Gasteiger partial charge < -0.3 is 15.4 Å². The average Bonchev–Trinajstić information content (AvgIpc) is 2.26. The fourth-order valence-corrected chi connectivity index (χ4v) is 2.77. The number of ether oxygens (including phenoxy) is 1. The zero-order chi connectivity index (χ0) is 12.1. The summed E-state index contributed by atoms with van der Waals surface area (Å²) in [7, 11) is 1.75. The largest absolute Gasteiger partial charge is 0.380 e. The molecule has 2 N–H and O–H groups in total. The van der Waals surface area contributed by atoms with Crippen molar-refractivity contribution < 1.29 is 4.74 Å². The molecule has 0 aromatic rings. The SMILES string of the molecule is COC(CN)CCN1CC(C)CC(C)C1C. The van der Waals surface area contributed by atoms with E-state index in [9.17, 15) is 0 Å². The van der Waals surface area contributed by atoms with Crippen LogP contribution in [0.2, 0.25) is 0 Å². The van der Waals surface area contributed by atoms with E-state index in [1.165, 1.54) is 13.0 Å². The van der Waals surface area contributed by atoms with Crippen LogP contribution in [0.25, 0.3) is 0 Å². The van der Waals surface area contributed by atoms with E-state index in [1.807, 2.05) is 0 Å². The maximum atomic E-state index is 5.64. The van der Waals surface area contributed by atoms with Gasteiger partial charge in [-0.15, -0.1) is 0 Å². The van der Waals surface area contributed by atoms with E-state index in [4.69, 9.17) is 10.5 Å². The summed E-state index contributed by atoms with van der Waals surface area (Å²) in [5.74, 6) is 1.63. The van der Waals surface area contributed by atoms with Crippen LogP contribution in [0.1, 0.15) is 33.6 Å². The van der Waals surface area contributed by atoms with Crippen LogP contribution in [0.15, 0.2) is 0 Å². The van der Waals surface area contributed by atoms with E-state index >= 15 is 0 Å². The molecule has 3 heteroatoms. The highest BCUT2D eigenvalue weighted by molar-refractivity contribution is 4.82. The normalized spacial score (nSPS) is 33.9. The fraction of sp³-hybridized carbons (Fsp3) is 1.00. The Morgan fingerprint density at radius 3 is 2.62 bits per heavy atom. The van der Waals surface area contributed by atoms with Gasteiger partial charge in [0.2, 0.25) is 0 Å². The summed E-state index contributed by atoms with van der Waals surface area (Å²) >= 11 is 0. The van der Waals surface area contributed by atoms with Crippen molar-refractivity contribution in [2.75, 3.05) is 26.7 Å². The fourth-order valence-electron chi connectivity index (χ4n) is 2.77. The first kappa shape index (κ1) is 13.9. The number of hydrogen-bond donors (Lipinski definition) is 1. The minimum Gasteiger partial charge on any atom is -0.380 e. The molecule has 0 aromatic carbocycles. The number of hydrogen-bond acceptors (Lipinski definition) is 3. The van der Waals surface area contributed by atoms with Crippen molar-refractivity contribution in [2.45, 2.75) is 45.8 Å². The number of likely N-dealkylation sites (tertiary alicyclic amines) is 1. The lowest BCUT2D eigenvalue weighted by atomic mass is 9.86. The molecule has 0 bridgehead atoms. The molecule has 1 rings (SSSR count). The molecule has 96 valence electrons. The van der Waals surface area contributed by atoms with E-state index in [-0.39, 0.29) is 6.10 Å². The predicted molar refractivity (Wildman–Crippen MR) is 68.4 cm³/mol. The molecule has 0 spiro atoms. The van der Waals surface area contributed by atoms with Crippen molar-refractivity contribution in [3.8, 4) is 0 Å². The molecule has 1 heterocycles. The van der Waals surface area contributed by atoms with Crippen LogP contribution in [0.4, 0.5) is 0 Å². The summed E-state index contributed by atoms with van der Waals surface area (Å²) in [6.07, 6.45) is 2.64. The smallest absolute Gasteiger partial charge is 0.0705 e. The van der Waals surface area contributed by atoms with Crippen LogP contribution >= 0.6 is 0 Å². The Kier molecular flexibility index (Phi) is 5.73. The van der Waals surface area contributed by atoms with Crippen molar-refractivity contribution in [3.05, 3.63) is 0 Å². The number of piperidine rings is 1. The quantitative estimate of drug-likeness (QED) is 0.778. The molecule has 0 aromatic heterocycles. The van der Waals surface area contributed by atoms with Gasteiger partial charge in [0, 0.05) is 32.8 Å². The van der Waals surface area contributed by atoms with Gasteiger partial charge in [0.25, 0.3) is 0 Å². The van der Waals surface area contributed by atoms with E-state index < -0.39 is 0 Å². The van der Waals surface area contributed by atoms with Gasteiger partial charge in [-0.1, -0.05) is 13.8 Å². The summed E-state index contributed by atoms with van der Waals surface area (Å²) in [5, 5.41) is 0. The van der Waals surface area contributed by atoms with Gasteiger partial charge in [-0.25, -0.2) is 0 Å². The van der Waals surface area contributed by atoms with Crippen LogP contribution < -0.4 is 5.73 Å². The van der Waals surface area contributed by atoms with Crippen molar-refractivity contribution in [3.63, 3.8) is 0 Å². The topological polar surface area (TPSA) is 38.5 Å². The van der Waals surface area contributed by atoms with E-state index in [0.29, 0.717) is 12.6 Å². The zero-order valence-corrected chi connectivity index (χ0v) is 11.3. The first-order chi connectivity index (χ1) is 7.58. The van der Waals surface area contributed by atoms with Crippen molar-refractivity contribution in [2.24, 2.45) is 17.6 Å². The third-order valence-electron chi connectivity index (χ3n) is 4.05. The van der Waals surface area contributed by atoms with Gasteiger partial charge >= 0.3 is 0 Å². The Morgan fingerprint density at radius 1 is 1.38 bits per heavy atom. The molecule has 0 aliphatic carbocycles. The van der Waals surface area contributed by atoms with Crippen LogP contribution in [0.3, 0.4) is 0 Å². The molecule has 0 radical (unpaired) electrons. The molecule has 1 fully saturated rings. The first-order valence-electron chi connectivity index (χ1n) is 6.55. The highest BCUT2D eigenvalue weighted by atomic mass is 16.5. The molecule has 4 unspecified atom stereocenters. The Bertz CT molecular complexity index is 194. The predicted octanol–water partition coefficient (Wildman–Crippen LogP) is 1.72. The Balaban J connectivity index is 2.39. The second-order valence-corrected chi connectivity index (χ2v) is 5.44. The molecule has 0 amide bonds. The maximum Gasteiger partial charge on any atom is 0.0705 e. The summed E-state index contributed by atoms with van der Waals surface area (Å²) in [5.41, 5.74) is 5.64. The summed E-state index contributed by atoms with van der Waals surface area (Å²) in [6, 6.07) is 0.700.